The van der Waals surface area contributed by atoms with Crippen LogP contribution in [0.2, 0.25) is 0 Å². The third-order valence-corrected chi connectivity index (χ3v) is 3.95. The molecular formula is C21H19FN2O4. The largest absolute Gasteiger partial charge is 0.497 e. The van der Waals surface area contributed by atoms with Crippen LogP contribution in [0.25, 0.3) is 0 Å². The Bertz CT molecular complexity index is 990. The van der Waals surface area contributed by atoms with Crippen LogP contribution >= 0.6 is 0 Å². The Morgan fingerprint density at radius 1 is 1.00 bits per heavy atom. The molecule has 0 radical (unpaired) electrons. The number of aromatic nitrogens is 1. The maximum atomic E-state index is 14.0. The van der Waals surface area contributed by atoms with E-state index in [1.54, 1.807) is 25.3 Å². The minimum atomic E-state index is -0.670. The molecule has 0 saturated carbocycles. The zero-order valence-corrected chi connectivity index (χ0v) is 15.7. The van der Waals surface area contributed by atoms with Gasteiger partial charge in [0.15, 0.2) is 11.5 Å². The van der Waals surface area contributed by atoms with Crippen LogP contribution in [0, 0.1) is 12.7 Å². The molecule has 0 spiro atoms. The summed E-state index contributed by atoms with van der Waals surface area (Å²) in [5.74, 6) is 0.526. The highest BCUT2D eigenvalue weighted by atomic mass is 19.1. The number of hydrogen-bond acceptors (Lipinski definition) is 5. The first-order valence-electron chi connectivity index (χ1n) is 8.43. The van der Waals surface area contributed by atoms with E-state index in [4.69, 9.17) is 14.2 Å². The molecule has 0 saturated heterocycles. The van der Waals surface area contributed by atoms with E-state index in [0.29, 0.717) is 28.8 Å². The summed E-state index contributed by atoms with van der Waals surface area (Å²) in [5.41, 5.74) is 1.36. The summed E-state index contributed by atoms with van der Waals surface area (Å²) in [7, 11) is 2.99. The Kier molecular flexibility index (Phi) is 5.74. The van der Waals surface area contributed by atoms with Crippen molar-refractivity contribution < 1.29 is 23.4 Å². The molecule has 1 N–H and O–H groups in total. The standard InChI is InChI=1S/C21H19FN2O4/c1-13-4-8-18(19(10-13)27-3)28-20-9-5-14(12-23-20)24-21(25)16-7-6-15(26-2)11-17(16)22/h4-12H,1-3H3,(H,24,25). The maximum Gasteiger partial charge on any atom is 0.258 e. The monoisotopic (exact) mass is 382 g/mol. The van der Waals surface area contributed by atoms with Crippen molar-refractivity contribution >= 4 is 11.6 Å². The maximum absolute atomic E-state index is 14.0. The number of hydrogen-bond donors (Lipinski definition) is 1. The molecule has 3 rings (SSSR count). The molecule has 1 heterocycles. The van der Waals surface area contributed by atoms with Gasteiger partial charge in [0.25, 0.3) is 5.91 Å². The predicted octanol–water partition coefficient (Wildman–Crippen LogP) is 4.59. The van der Waals surface area contributed by atoms with Gasteiger partial charge in [0.2, 0.25) is 5.88 Å². The number of nitrogens with one attached hydrogen (secondary N) is 1. The number of nitrogens with zero attached hydrogens (tertiary/aromatic N) is 1. The Labute approximate surface area is 161 Å². The molecule has 0 aliphatic carbocycles. The van der Waals surface area contributed by atoms with Crippen LogP contribution in [0.15, 0.2) is 54.7 Å². The minimum absolute atomic E-state index is 0.0921. The average molecular weight is 382 g/mol. The molecule has 144 valence electrons. The number of methoxy groups -OCH3 is 2. The van der Waals surface area contributed by atoms with Crippen LogP contribution in [0.1, 0.15) is 15.9 Å². The lowest BCUT2D eigenvalue weighted by Gasteiger charge is -2.11. The third-order valence-electron chi connectivity index (χ3n) is 3.95. The van der Waals surface area contributed by atoms with Gasteiger partial charge in [0, 0.05) is 12.1 Å². The lowest BCUT2D eigenvalue weighted by molar-refractivity contribution is 0.102. The molecule has 0 unspecified atom stereocenters. The van der Waals surface area contributed by atoms with Crippen LogP contribution in [0.5, 0.6) is 23.1 Å². The molecule has 2 aromatic carbocycles. The molecule has 0 bridgehead atoms. The zero-order valence-electron chi connectivity index (χ0n) is 15.7. The number of anilines is 1. The molecule has 0 atom stereocenters. The van der Waals surface area contributed by atoms with Crippen LogP contribution in [-0.4, -0.2) is 25.1 Å². The number of ether oxygens (including phenoxy) is 3. The fourth-order valence-corrected chi connectivity index (χ4v) is 2.49. The van der Waals surface area contributed by atoms with Crippen molar-refractivity contribution in [1.29, 1.82) is 0 Å². The summed E-state index contributed by atoms with van der Waals surface area (Å²) < 4.78 is 30.0. The molecule has 7 heteroatoms. The molecule has 0 aliphatic heterocycles. The van der Waals surface area contributed by atoms with E-state index in [1.807, 2.05) is 19.1 Å². The van der Waals surface area contributed by atoms with E-state index in [9.17, 15) is 9.18 Å². The van der Waals surface area contributed by atoms with Crippen LogP contribution in [0.4, 0.5) is 10.1 Å². The normalized spacial score (nSPS) is 10.3. The number of halogens is 1. The van der Waals surface area contributed by atoms with Gasteiger partial charge < -0.3 is 19.5 Å². The number of benzene rings is 2. The summed E-state index contributed by atoms with van der Waals surface area (Å²) in [6.07, 6.45) is 1.43. The topological polar surface area (TPSA) is 69.7 Å². The number of pyridine rings is 1. The van der Waals surface area contributed by atoms with E-state index in [0.717, 1.165) is 11.6 Å². The van der Waals surface area contributed by atoms with Crippen molar-refractivity contribution in [2.24, 2.45) is 0 Å². The summed E-state index contributed by atoms with van der Waals surface area (Å²) in [4.78, 5) is 16.4. The van der Waals surface area contributed by atoms with Crippen molar-refractivity contribution in [1.82, 2.24) is 4.98 Å². The summed E-state index contributed by atoms with van der Waals surface area (Å²) in [5, 5.41) is 2.60. The summed E-state index contributed by atoms with van der Waals surface area (Å²) in [6.45, 7) is 1.95. The molecule has 3 aromatic rings. The van der Waals surface area contributed by atoms with Gasteiger partial charge >= 0.3 is 0 Å². The fourth-order valence-electron chi connectivity index (χ4n) is 2.49. The number of rotatable bonds is 6. The lowest BCUT2D eigenvalue weighted by atomic mass is 10.2. The van der Waals surface area contributed by atoms with Gasteiger partial charge in [-0.1, -0.05) is 6.07 Å². The van der Waals surface area contributed by atoms with E-state index >= 15 is 0 Å². The Morgan fingerprint density at radius 3 is 2.46 bits per heavy atom. The number of aryl methyl sites for hydroxylation is 1. The average Bonchev–Trinajstić information content (AvgIpc) is 2.70. The van der Waals surface area contributed by atoms with E-state index in [1.165, 1.54) is 25.4 Å². The SMILES string of the molecule is COc1ccc(C(=O)Nc2ccc(Oc3ccc(C)cc3OC)nc2)c(F)c1. The minimum Gasteiger partial charge on any atom is -0.497 e. The molecular weight excluding hydrogens is 363 g/mol. The molecule has 28 heavy (non-hydrogen) atoms. The highest BCUT2D eigenvalue weighted by molar-refractivity contribution is 6.04. The molecule has 1 amide bonds. The highest BCUT2D eigenvalue weighted by Crippen LogP contribution is 2.31. The van der Waals surface area contributed by atoms with Crippen LogP contribution in [0.3, 0.4) is 0 Å². The van der Waals surface area contributed by atoms with E-state index in [-0.39, 0.29) is 5.56 Å². The number of carbonyl (C=O) groups is 1. The first-order valence-corrected chi connectivity index (χ1v) is 8.43. The van der Waals surface area contributed by atoms with Gasteiger partial charge in [-0.15, -0.1) is 0 Å². The molecule has 6 nitrogen and oxygen atoms in total. The second-order valence-corrected chi connectivity index (χ2v) is 5.94. The van der Waals surface area contributed by atoms with Crippen molar-refractivity contribution in [3.8, 4) is 23.1 Å². The molecule has 0 fully saturated rings. The number of carbonyl (C=O) groups excluding carboxylic acids is 1. The predicted molar refractivity (Wildman–Crippen MR) is 103 cm³/mol. The van der Waals surface area contributed by atoms with Crippen molar-refractivity contribution in [2.75, 3.05) is 19.5 Å². The molecule has 1 aromatic heterocycles. The Hall–Kier alpha value is -3.61. The van der Waals surface area contributed by atoms with Gasteiger partial charge in [-0.25, -0.2) is 9.37 Å². The quantitative estimate of drug-likeness (QED) is 0.675. The van der Waals surface area contributed by atoms with Gasteiger partial charge in [0.1, 0.15) is 11.6 Å². The third kappa shape index (κ3) is 4.37. The Balaban J connectivity index is 1.70. The van der Waals surface area contributed by atoms with Crippen molar-refractivity contribution in [3.05, 3.63) is 71.7 Å². The highest BCUT2D eigenvalue weighted by Gasteiger charge is 2.13. The first kappa shape index (κ1) is 19.2. The lowest BCUT2D eigenvalue weighted by Crippen LogP contribution is -2.14. The van der Waals surface area contributed by atoms with Crippen LogP contribution in [-0.2, 0) is 0 Å². The second-order valence-electron chi connectivity index (χ2n) is 5.94. The van der Waals surface area contributed by atoms with Gasteiger partial charge in [-0.2, -0.15) is 0 Å². The number of amides is 1. The smallest absolute Gasteiger partial charge is 0.258 e. The fraction of sp³-hybridized carbons (Fsp3) is 0.143. The van der Waals surface area contributed by atoms with Gasteiger partial charge in [0.05, 0.1) is 31.7 Å². The summed E-state index contributed by atoms with van der Waals surface area (Å²) in [6, 6.07) is 12.8. The van der Waals surface area contributed by atoms with E-state index in [2.05, 4.69) is 10.3 Å². The zero-order chi connectivity index (χ0) is 20.1. The Morgan fingerprint density at radius 2 is 1.82 bits per heavy atom. The molecule has 0 aliphatic rings. The van der Waals surface area contributed by atoms with Gasteiger partial charge in [-0.05, 0) is 42.8 Å². The van der Waals surface area contributed by atoms with Crippen molar-refractivity contribution in [2.45, 2.75) is 6.92 Å². The first-order chi connectivity index (χ1) is 13.5. The summed E-state index contributed by atoms with van der Waals surface area (Å²) >= 11 is 0. The van der Waals surface area contributed by atoms with Gasteiger partial charge in [-0.3, -0.25) is 4.79 Å². The van der Waals surface area contributed by atoms with Crippen LogP contribution < -0.4 is 19.5 Å². The van der Waals surface area contributed by atoms with Crippen molar-refractivity contribution in [3.63, 3.8) is 0 Å². The second kappa shape index (κ2) is 8.39. The van der Waals surface area contributed by atoms with E-state index < -0.39 is 11.7 Å².